The Morgan fingerprint density at radius 1 is 1.42 bits per heavy atom. The molecule has 1 atom stereocenters. The third-order valence-electron chi connectivity index (χ3n) is 3.61. The lowest BCUT2D eigenvalue weighted by molar-refractivity contribution is 0.337. The Hall–Kier alpha value is -1.07. The van der Waals surface area contributed by atoms with Gasteiger partial charge in [0.25, 0.3) is 0 Å². The lowest BCUT2D eigenvalue weighted by Gasteiger charge is -2.31. The van der Waals surface area contributed by atoms with Crippen molar-refractivity contribution in [1.82, 2.24) is 4.90 Å². The molecule has 4 nitrogen and oxygen atoms in total. The van der Waals surface area contributed by atoms with Gasteiger partial charge in [0, 0.05) is 29.2 Å². The van der Waals surface area contributed by atoms with Gasteiger partial charge in [-0.2, -0.15) is 0 Å². The molecule has 0 spiro atoms. The molecule has 0 saturated carbocycles. The predicted molar refractivity (Wildman–Crippen MR) is 84.1 cm³/mol. The maximum Gasteiger partial charge on any atom is 0.122 e. The second-order valence-corrected chi connectivity index (χ2v) is 6.09. The van der Waals surface area contributed by atoms with Crippen molar-refractivity contribution in [2.24, 2.45) is 5.73 Å². The molecule has 0 amide bonds. The largest absolute Gasteiger partial charge is 0.384 e. The first-order chi connectivity index (χ1) is 8.99. The summed E-state index contributed by atoms with van der Waals surface area (Å²) in [5.41, 5.74) is 7.47. The molecule has 1 aliphatic heterocycles. The number of rotatable bonds is 2. The van der Waals surface area contributed by atoms with Crippen molar-refractivity contribution in [3.63, 3.8) is 0 Å². The zero-order chi connectivity index (χ0) is 14.0. The fourth-order valence-electron chi connectivity index (χ4n) is 2.64. The van der Waals surface area contributed by atoms with Gasteiger partial charge in [0.15, 0.2) is 0 Å². The van der Waals surface area contributed by atoms with Crippen molar-refractivity contribution in [3.8, 4) is 0 Å². The number of hydrogen-bond acceptors (Lipinski definition) is 3. The first-order valence-electron chi connectivity index (χ1n) is 6.58. The zero-order valence-corrected chi connectivity index (χ0v) is 13.1. The normalized spacial score (nSPS) is 21.2. The summed E-state index contributed by atoms with van der Waals surface area (Å²) in [4.78, 5) is 4.81. The van der Waals surface area contributed by atoms with Crippen LogP contribution in [0, 0.1) is 5.41 Å². The lowest BCUT2D eigenvalue weighted by atomic mass is 10.1. The number of nitrogen functional groups attached to an aromatic ring is 1. The van der Waals surface area contributed by atoms with Gasteiger partial charge in [-0.25, -0.2) is 0 Å². The van der Waals surface area contributed by atoms with Crippen LogP contribution in [-0.2, 0) is 0 Å². The quantitative estimate of drug-likeness (QED) is 0.648. The highest BCUT2D eigenvalue weighted by atomic mass is 79.9. The highest BCUT2D eigenvalue weighted by Crippen LogP contribution is 2.30. The third kappa shape index (κ3) is 3.28. The zero-order valence-electron chi connectivity index (χ0n) is 11.5. The molecule has 0 radical (unpaired) electrons. The molecule has 2 rings (SSSR count). The molecule has 1 saturated heterocycles. The van der Waals surface area contributed by atoms with Crippen LogP contribution in [0.25, 0.3) is 0 Å². The van der Waals surface area contributed by atoms with Gasteiger partial charge >= 0.3 is 0 Å². The summed E-state index contributed by atoms with van der Waals surface area (Å²) in [7, 11) is 2.17. The van der Waals surface area contributed by atoms with Gasteiger partial charge in [-0.1, -0.05) is 0 Å². The molecule has 1 heterocycles. The maximum absolute atomic E-state index is 7.48. The van der Waals surface area contributed by atoms with E-state index in [1.807, 2.05) is 12.1 Å². The summed E-state index contributed by atoms with van der Waals surface area (Å²) in [6.45, 7) is 5.53. The minimum Gasteiger partial charge on any atom is -0.384 e. The van der Waals surface area contributed by atoms with Crippen LogP contribution in [0.3, 0.4) is 0 Å². The summed E-state index contributed by atoms with van der Waals surface area (Å²) in [5, 5.41) is 7.48. The van der Waals surface area contributed by atoms with Gasteiger partial charge in [-0.3, -0.25) is 5.41 Å². The van der Waals surface area contributed by atoms with E-state index < -0.39 is 0 Å². The van der Waals surface area contributed by atoms with E-state index in [9.17, 15) is 0 Å². The fraction of sp³-hybridized carbons (Fsp3) is 0.500. The number of likely N-dealkylation sites (N-methyl/N-ethyl adjacent to an activating group) is 1. The highest BCUT2D eigenvalue weighted by molar-refractivity contribution is 9.10. The molecule has 19 heavy (non-hydrogen) atoms. The van der Waals surface area contributed by atoms with E-state index in [0.29, 0.717) is 6.04 Å². The number of anilines is 1. The van der Waals surface area contributed by atoms with E-state index in [4.69, 9.17) is 11.1 Å². The van der Waals surface area contributed by atoms with Crippen molar-refractivity contribution >= 4 is 27.5 Å². The molecule has 1 aromatic carbocycles. The van der Waals surface area contributed by atoms with Gasteiger partial charge in [-0.05, 0) is 61.1 Å². The van der Waals surface area contributed by atoms with Crippen LogP contribution < -0.4 is 10.6 Å². The van der Waals surface area contributed by atoms with Crippen LogP contribution in [0.4, 0.5) is 5.69 Å². The van der Waals surface area contributed by atoms with Gasteiger partial charge in [0.2, 0.25) is 0 Å². The first kappa shape index (κ1) is 14.3. The highest BCUT2D eigenvalue weighted by Gasteiger charge is 2.21. The molecule has 1 fully saturated rings. The molecule has 0 aromatic heterocycles. The Balaban J connectivity index is 2.27. The maximum atomic E-state index is 7.48. The number of benzene rings is 1. The topological polar surface area (TPSA) is 56.4 Å². The lowest BCUT2D eigenvalue weighted by Crippen LogP contribution is -2.38. The Bertz CT molecular complexity index is 475. The third-order valence-corrected chi connectivity index (χ3v) is 4.25. The predicted octanol–water partition coefficient (Wildman–Crippen LogP) is 2.26. The van der Waals surface area contributed by atoms with E-state index in [1.54, 1.807) is 0 Å². The molecule has 1 unspecified atom stereocenters. The molecular weight excluding hydrogens is 304 g/mol. The Morgan fingerprint density at radius 3 is 2.79 bits per heavy atom. The molecule has 5 heteroatoms. The van der Waals surface area contributed by atoms with Crippen LogP contribution in [0.2, 0.25) is 0 Å². The van der Waals surface area contributed by atoms with Crippen molar-refractivity contribution in [3.05, 3.63) is 28.2 Å². The van der Waals surface area contributed by atoms with Crippen molar-refractivity contribution in [1.29, 1.82) is 5.41 Å². The molecular formula is C14H21BrN4. The molecule has 0 aliphatic carbocycles. The van der Waals surface area contributed by atoms with Gasteiger partial charge in [0.1, 0.15) is 5.84 Å². The summed E-state index contributed by atoms with van der Waals surface area (Å²) in [6.07, 6.45) is 1.17. The minimum absolute atomic E-state index is 0.107. The minimum atomic E-state index is 0.107. The van der Waals surface area contributed by atoms with E-state index in [1.165, 1.54) is 12.1 Å². The summed E-state index contributed by atoms with van der Waals surface area (Å²) in [5.74, 6) is 0.107. The number of nitrogens with one attached hydrogen (secondary N) is 1. The van der Waals surface area contributed by atoms with Crippen LogP contribution in [0.5, 0.6) is 0 Å². The number of halogens is 1. The van der Waals surface area contributed by atoms with E-state index in [-0.39, 0.29) is 5.84 Å². The van der Waals surface area contributed by atoms with Crippen molar-refractivity contribution in [2.75, 3.05) is 31.6 Å². The van der Waals surface area contributed by atoms with E-state index in [2.05, 4.69) is 45.8 Å². The Labute approximate surface area is 123 Å². The van der Waals surface area contributed by atoms with Gasteiger partial charge < -0.3 is 15.5 Å². The van der Waals surface area contributed by atoms with E-state index in [0.717, 1.165) is 29.7 Å². The Morgan fingerprint density at radius 2 is 2.16 bits per heavy atom. The first-order valence-corrected chi connectivity index (χ1v) is 7.37. The van der Waals surface area contributed by atoms with Crippen LogP contribution in [0.1, 0.15) is 18.9 Å². The smallest absolute Gasteiger partial charge is 0.122 e. The average Bonchev–Trinajstić information content (AvgIpc) is 2.50. The molecule has 104 valence electrons. The molecule has 3 N–H and O–H groups in total. The number of nitrogens with two attached hydrogens (primary N) is 1. The van der Waals surface area contributed by atoms with Gasteiger partial charge in [-0.15, -0.1) is 0 Å². The summed E-state index contributed by atoms with van der Waals surface area (Å²) < 4.78 is 1.01. The Kier molecular flexibility index (Phi) is 4.47. The average molecular weight is 325 g/mol. The monoisotopic (exact) mass is 324 g/mol. The van der Waals surface area contributed by atoms with Crippen molar-refractivity contribution < 1.29 is 0 Å². The van der Waals surface area contributed by atoms with Crippen LogP contribution in [-0.4, -0.2) is 43.5 Å². The van der Waals surface area contributed by atoms with E-state index >= 15 is 0 Å². The van der Waals surface area contributed by atoms with Gasteiger partial charge in [0.05, 0.1) is 5.69 Å². The molecule has 1 aliphatic rings. The van der Waals surface area contributed by atoms with Crippen molar-refractivity contribution in [2.45, 2.75) is 19.4 Å². The summed E-state index contributed by atoms with van der Waals surface area (Å²) in [6, 6.07) is 6.39. The second kappa shape index (κ2) is 5.92. The molecule has 1 aromatic rings. The number of hydrogen-bond donors (Lipinski definition) is 2. The standard InChI is InChI=1S/C14H21BrN4/c1-10-9-18(2)6-3-7-19(10)13-5-4-11(14(16)17)8-12(13)15/h4-5,8,10H,3,6-7,9H2,1-2H3,(H3,16,17). The van der Waals surface area contributed by atoms with Crippen LogP contribution in [0.15, 0.2) is 22.7 Å². The fourth-order valence-corrected chi connectivity index (χ4v) is 3.24. The second-order valence-electron chi connectivity index (χ2n) is 5.24. The SMILES string of the molecule is CC1CN(C)CCCN1c1ccc(C(=N)N)cc1Br. The number of amidine groups is 1. The summed E-state index contributed by atoms with van der Waals surface area (Å²) >= 11 is 3.61. The van der Waals surface area contributed by atoms with Crippen LogP contribution >= 0.6 is 15.9 Å². The molecule has 0 bridgehead atoms. The number of nitrogens with zero attached hydrogens (tertiary/aromatic N) is 2.